The lowest BCUT2D eigenvalue weighted by molar-refractivity contribution is 0.0685. The third kappa shape index (κ3) is 9.87. The maximum absolute atomic E-state index is 14.4. The summed E-state index contributed by atoms with van der Waals surface area (Å²) in [4.78, 5) is 30.3. The number of amides is 1. The van der Waals surface area contributed by atoms with Gasteiger partial charge in [0.15, 0.2) is 5.69 Å². The Kier molecular flexibility index (Phi) is 15.4. The van der Waals surface area contributed by atoms with Crippen LogP contribution < -0.4 is 5.56 Å². The largest absolute Gasteiger partial charge is 0.493 e. The van der Waals surface area contributed by atoms with Crippen LogP contribution >= 0.6 is 0 Å². The molecule has 0 fully saturated rings. The minimum Gasteiger partial charge on any atom is -0.493 e. The monoisotopic (exact) mass is 639 g/mol. The second-order valence-corrected chi connectivity index (χ2v) is 12.5. The molecule has 8 nitrogen and oxygen atoms in total. The summed E-state index contributed by atoms with van der Waals surface area (Å²) in [6.45, 7) is 12.2. The van der Waals surface area contributed by atoms with E-state index in [2.05, 4.69) is 44.0 Å². The van der Waals surface area contributed by atoms with Crippen LogP contribution in [0.4, 0.5) is 11.4 Å². The molecular weight excluding hydrogens is 586 g/mol. The fourth-order valence-electron chi connectivity index (χ4n) is 6.04. The van der Waals surface area contributed by atoms with Gasteiger partial charge >= 0.3 is 0 Å². The number of rotatable bonds is 19. The Balaban J connectivity index is 2.12. The van der Waals surface area contributed by atoms with Gasteiger partial charge in [-0.05, 0) is 61.8 Å². The predicted octanol–water partition coefficient (Wildman–Crippen LogP) is 10.0. The number of azo groups is 1. The number of carbonyl (C=O) groups excluding carboxylic acids is 1. The van der Waals surface area contributed by atoms with Gasteiger partial charge in [0.05, 0.1) is 16.9 Å². The lowest BCUT2D eigenvalue weighted by Gasteiger charge is -2.31. The Labute approximate surface area is 281 Å². The highest BCUT2D eigenvalue weighted by Crippen LogP contribution is 2.32. The van der Waals surface area contributed by atoms with Gasteiger partial charge < -0.3 is 10.0 Å². The second-order valence-electron chi connectivity index (χ2n) is 12.5. The van der Waals surface area contributed by atoms with Gasteiger partial charge in [0.2, 0.25) is 5.88 Å². The second kappa shape index (κ2) is 19.4. The summed E-state index contributed by atoms with van der Waals surface area (Å²) >= 11 is 0. The number of nitriles is 1. The van der Waals surface area contributed by atoms with Crippen molar-refractivity contribution in [3.8, 4) is 17.6 Å². The van der Waals surface area contributed by atoms with Crippen LogP contribution in [0.2, 0.25) is 0 Å². The predicted molar refractivity (Wildman–Crippen MR) is 190 cm³/mol. The van der Waals surface area contributed by atoms with Gasteiger partial charge in [0.1, 0.15) is 11.6 Å². The highest BCUT2D eigenvalue weighted by Gasteiger charge is 2.26. The molecule has 47 heavy (non-hydrogen) atoms. The smallest absolute Gasteiger partial charge is 0.286 e. The molecular formula is C39H53N5O3. The molecule has 2 atom stereocenters. The zero-order valence-corrected chi connectivity index (χ0v) is 29.0. The maximum Gasteiger partial charge on any atom is 0.286 e. The normalized spacial score (nSPS) is 12.6. The molecule has 0 saturated carbocycles. The van der Waals surface area contributed by atoms with Crippen molar-refractivity contribution >= 4 is 17.3 Å². The van der Waals surface area contributed by atoms with Gasteiger partial charge in [-0.15, -0.1) is 10.2 Å². The molecule has 8 heteroatoms. The number of pyridine rings is 1. The van der Waals surface area contributed by atoms with Crippen molar-refractivity contribution in [2.45, 2.75) is 105 Å². The molecule has 0 aliphatic carbocycles. The highest BCUT2D eigenvalue weighted by atomic mass is 16.3. The summed E-state index contributed by atoms with van der Waals surface area (Å²) in [7, 11) is 0. The summed E-state index contributed by atoms with van der Waals surface area (Å²) in [6, 6.07) is 17.9. The SMILES string of the molecule is CCCCc1c(C#N)c(O)n(-c2ccccc2)c(=O)c1N=Nc1ccccc1C(=O)N(CC(CC)CCCC)CC(CC)CCCC. The Hall–Kier alpha value is -4.25. The molecule has 1 heterocycles. The van der Waals surface area contributed by atoms with Gasteiger partial charge in [0.25, 0.3) is 11.5 Å². The van der Waals surface area contributed by atoms with Crippen LogP contribution in [0.1, 0.15) is 120 Å². The van der Waals surface area contributed by atoms with Crippen LogP contribution in [0.3, 0.4) is 0 Å². The molecule has 2 aromatic carbocycles. The zero-order chi connectivity index (χ0) is 34.2. The average Bonchev–Trinajstić information content (AvgIpc) is 3.10. The van der Waals surface area contributed by atoms with E-state index in [1.807, 2.05) is 24.0 Å². The summed E-state index contributed by atoms with van der Waals surface area (Å²) in [5.41, 5.74) is 0.999. The molecule has 252 valence electrons. The van der Waals surface area contributed by atoms with Crippen molar-refractivity contribution in [2.24, 2.45) is 22.1 Å². The Bertz CT molecular complexity index is 1540. The molecule has 0 spiro atoms. The minimum absolute atomic E-state index is 0.00163. The molecule has 1 aromatic heterocycles. The van der Waals surface area contributed by atoms with Crippen LogP contribution in [-0.2, 0) is 6.42 Å². The van der Waals surface area contributed by atoms with Crippen LogP contribution in [-0.4, -0.2) is 33.6 Å². The fraction of sp³-hybridized carbons (Fsp3) is 0.513. The first-order chi connectivity index (χ1) is 22.8. The Morgan fingerprint density at radius 2 is 1.43 bits per heavy atom. The van der Waals surface area contributed by atoms with E-state index in [1.165, 1.54) is 0 Å². The molecule has 0 radical (unpaired) electrons. The average molecular weight is 640 g/mol. The molecule has 3 aromatic rings. The first-order valence-corrected chi connectivity index (χ1v) is 17.6. The van der Waals surface area contributed by atoms with Crippen LogP contribution in [0, 0.1) is 23.2 Å². The molecule has 0 bridgehead atoms. The first-order valence-electron chi connectivity index (χ1n) is 17.6. The van der Waals surface area contributed by atoms with Crippen LogP contribution in [0.5, 0.6) is 5.88 Å². The topological polar surface area (TPSA) is 111 Å². The Morgan fingerprint density at radius 1 is 0.851 bits per heavy atom. The van der Waals surface area contributed by atoms with Gasteiger partial charge in [-0.3, -0.25) is 9.59 Å². The van der Waals surface area contributed by atoms with E-state index in [9.17, 15) is 20.0 Å². The van der Waals surface area contributed by atoms with E-state index in [-0.39, 0.29) is 17.2 Å². The number of hydrogen-bond acceptors (Lipinski definition) is 6. The third-order valence-electron chi connectivity index (χ3n) is 9.06. The number of aromatic hydroxyl groups is 1. The van der Waals surface area contributed by atoms with Crippen molar-refractivity contribution in [3.63, 3.8) is 0 Å². The number of aromatic nitrogens is 1. The van der Waals surface area contributed by atoms with Crippen molar-refractivity contribution in [3.05, 3.63) is 81.6 Å². The molecule has 0 aliphatic heterocycles. The van der Waals surface area contributed by atoms with E-state index in [0.717, 1.165) is 62.4 Å². The minimum atomic E-state index is -0.573. The van der Waals surface area contributed by atoms with E-state index >= 15 is 0 Å². The molecule has 0 saturated heterocycles. The Morgan fingerprint density at radius 3 is 1.98 bits per heavy atom. The van der Waals surface area contributed by atoms with Gasteiger partial charge in [-0.2, -0.15) is 5.26 Å². The van der Waals surface area contributed by atoms with Crippen LogP contribution in [0.15, 0.2) is 69.6 Å². The van der Waals surface area contributed by atoms with E-state index in [1.54, 1.807) is 42.5 Å². The number of unbranched alkanes of at least 4 members (excludes halogenated alkanes) is 3. The zero-order valence-electron chi connectivity index (χ0n) is 29.0. The summed E-state index contributed by atoms with van der Waals surface area (Å²) < 4.78 is 1.10. The van der Waals surface area contributed by atoms with Gasteiger partial charge in [-0.1, -0.05) is 110 Å². The molecule has 0 aliphatic rings. The highest BCUT2D eigenvalue weighted by molar-refractivity contribution is 5.99. The van der Waals surface area contributed by atoms with Crippen LogP contribution in [0.25, 0.3) is 5.69 Å². The number of hydrogen-bond donors (Lipinski definition) is 1. The standard InChI is InChI=1S/C39H53N5O3/c1-6-11-19-29(9-4)27-43(28-30(10-5)20-12-7-2)37(45)33-24-17-18-25-35(33)41-42-36-32(23-13-8-3)34(26-40)38(46)44(39(36)47)31-21-15-14-16-22-31/h14-18,21-22,24-25,29-30,46H,6-13,19-20,23,27-28H2,1-5H3. The van der Waals surface area contributed by atoms with Crippen molar-refractivity contribution < 1.29 is 9.90 Å². The molecule has 2 unspecified atom stereocenters. The van der Waals surface area contributed by atoms with E-state index < -0.39 is 11.4 Å². The number of para-hydroxylation sites is 1. The molecule has 1 amide bonds. The number of nitrogens with zero attached hydrogens (tertiary/aromatic N) is 5. The lowest BCUT2D eigenvalue weighted by Crippen LogP contribution is -2.39. The third-order valence-corrected chi connectivity index (χ3v) is 9.06. The molecule has 3 rings (SSSR count). The molecule has 1 N–H and O–H groups in total. The number of carbonyl (C=O) groups is 1. The van der Waals surface area contributed by atoms with Crippen molar-refractivity contribution in [1.82, 2.24) is 9.47 Å². The summed E-state index contributed by atoms with van der Waals surface area (Å²) in [5.74, 6) is 0.327. The lowest BCUT2D eigenvalue weighted by atomic mass is 9.95. The fourth-order valence-corrected chi connectivity index (χ4v) is 6.04. The van der Waals surface area contributed by atoms with E-state index in [0.29, 0.717) is 60.3 Å². The number of benzene rings is 2. The quantitative estimate of drug-likeness (QED) is 0.132. The van der Waals surface area contributed by atoms with Crippen molar-refractivity contribution in [1.29, 1.82) is 5.26 Å². The van der Waals surface area contributed by atoms with Gasteiger partial charge in [-0.25, -0.2) is 4.57 Å². The maximum atomic E-state index is 14.4. The van der Waals surface area contributed by atoms with Crippen molar-refractivity contribution in [2.75, 3.05) is 13.1 Å². The van der Waals surface area contributed by atoms with E-state index in [4.69, 9.17) is 0 Å². The summed E-state index contributed by atoms with van der Waals surface area (Å²) in [5, 5.41) is 30.2. The summed E-state index contributed by atoms with van der Waals surface area (Å²) in [6.07, 6.45) is 10.6. The van der Waals surface area contributed by atoms with Gasteiger partial charge in [0, 0.05) is 18.7 Å². The first kappa shape index (κ1) is 37.2.